The Bertz CT molecular complexity index is 781. The summed E-state index contributed by atoms with van der Waals surface area (Å²) in [4.78, 5) is 4.74. The second-order valence-electron chi connectivity index (χ2n) is 6.42. The van der Waals surface area contributed by atoms with Crippen LogP contribution in [-0.4, -0.2) is 12.3 Å². The fraction of sp³-hybridized carbons (Fsp3) is 0.350. The molecule has 0 heterocycles. The van der Waals surface area contributed by atoms with E-state index in [1.807, 2.05) is 30.5 Å². The van der Waals surface area contributed by atoms with Crippen LogP contribution in [0.1, 0.15) is 43.2 Å². The predicted molar refractivity (Wildman–Crippen MR) is 117 cm³/mol. The van der Waals surface area contributed by atoms with E-state index >= 15 is 0 Å². The first-order chi connectivity index (χ1) is 12.5. The van der Waals surface area contributed by atoms with Crippen LogP contribution in [0.15, 0.2) is 44.3 Å². The van der Waals surface area contributed by atoms with Crippen molar-refractivity contribution >= 4 is 61.3 Å². The van der Waals surface area contributed by atoms with Crippen molar-refractivity contribution < 1.29 is 4.74 Å². The molecule has 0 N–H and O–H groups in total. The fourth-order valence-corrected chi connectivity index (χ4v) is 4.77. The molecule has 1 aliphatic rings. The van der Waals surface area contributed by atoms with Crippen LogP contribution in [0.25, 0.3) is 0 Å². The van der Waals surface area contributed by atoms with Gasteiger partial charge in [-0.1, -0.05) is 48.5 Å². The monoisotopic (exact) mass is 517 g/mol. The molecule has 138 valence electrons. The van der Waals surface area contributed by atoms with E-state index < -0.39 is 0 Å². The molecule has 1 aliphatic carbocycles. The molecule has 0 saturated heterocycles. The van der Waals surface area contributed by atoms with Gasteiger partial charge in [-0.2, -0.15) is 0 Å². The van der Waals surface area contributed by atoms with Crippen LogP contribution in [0.3, 0.4) is 0 Å². The Morgan fingerprint density at radius 3 is 2.35 bits per heavy atom. The van der Waals surface area contributed by atoms with E-state index in [4.69, 9.17) is 32.9 Å². The van der Waals surface area contributed by atoms with E-state index in [-0.39, 0.29) is 0 Å². The predicted octanol–water partition coefficient (Wildman–Crippen LogP) is 7.85. The summed E-state index contributed by atoms with van der Waals surface area (Å²) in [5, 5.41) is 1.07. The highest BCUT2D eigenvalue weighted by molar-refractivity contribution is 9.11. The molecule has 0 aliphatic heterocycles. The van der Waals surface area contributed by atoms with Gasteiger partial charge in [0, 0.05) is 12.3 Å². The molecule has 0 aromatic heterocycles. The van der Waals surface area contributed by atoms with E-state index in [1.165, 1.54) is 32.1 Å². The molecule has 0 unspecified atom stereocenters. The van der Waals surface area contributed by atoms with Crippen molar-refractivity contribution in [1.82, 2.24) is 0 Å². The first-order valence-corrected chi connectivity index (χ1v) is 11.0. The van der Waals surface area contributed by atoms with Gasteiger partial charge in [0.2, 0.25) is 0 Å². The topological polar surface area (TPSA) is 21.6 Å². The Balaban J connectivity index is 1.68. The lowest BCUT2D eigenvalue weighted by molar-refractivity contribution is 0.302. The van der Waals surface area contributed by atoms with Crippen molar-refractivity contribution in [3.8, 4) is 5.75 Å². The lowest BCUT2D eigenvalue weighted by Gasteiger charge is -2.17. The second-order valence-corrected chi connectivity index (χ2v) is 8.94. The Morgan fingerprint density at radius 2 is 1.69 bits per heavy atom. The summed E-state index contributed by atoms with van der Waals surface area (Å²) in [6, 6.07) is 10.0. The maximum absolute atomic E-state index is 6.06. The van der Waals surface area contributed by atoms with Crippen LogP contribution in [0.5, 0.6) is 5.75 Å². The van der Waals surface area contributed by atoms with Gasteiger partial charge in [0.25, 0.3) is 0 Å². The summed E-state index contributed by atoms with van der Waals surface area (Å²) >= 11 is 19.2. The van der Waals surface area contributed by atoms with E-state index in [0.29, 0.717) is 22.7 Å². The van der Waals surface area contributed by atoms with E-state index in [2.05, 4.69) is 31.9 Å². The van der Waals surface area contributed by atoms with Crippen LogP contribution in [0.4, 0.5) is 0 Å². The molecule has 3 rings (SSSR count). The average Bonchev–Trinajstić information content (AvgIpc) is 2.63. The van der Waals surface area contributed by atoms with Gasteiger partial charge >= 0.3 is 0 Å². The standard InChI is InChI=1S/C20H19Br2Cl2NO/c21-16-8-14(11-25-15-4-2-1-3-5-15)9-17(22)20(16)26-12-13-6-7-18(23)19(24)10-13/h6-11,15H,1-5,12H2. The third-order valence-corrected chi connectivity index (χ3v) is 6.31. The molecule has 0 radical (unpaired) electrons. The Kier molecular flexibility index (Phi) is 7.44. The third-order valence-electron chi connectivity index (χ3n) is 4.40. The van der Waals surface area contributed by atoms with Crippen molar-refractivity contribution in [2.75, 3.05) is 0 Å². The molecule has 1 saturated carbocycles. The van der Waals surface area contributed by atoms with Gasteiger partial charge < -0.3 is 4.74 Å². The lowest BCUT2D eigenvalue weighted by Crippen LogP contribution is -2.09. The van der Waals surface area contributed by atoms with Crippen molar-refractivity contribution in [3.05, 3.63) is 60.4 Å². The smallest absolute Gasteiger partial charge is 0.148 e. The number of ether oxygens (including phenoxy) is 1. The zero-order chi connectivity index (χ0) is 18.5. The maximum atomic E-state index is 6.06. The number of aliphatic imine (C=N–C) groups is 1. The summed E-state index contributed by atoms with van der Waals surface area (Å²) in [7, 11) is 0. The summed E-state index contributed by atoms with van der Waals surface area (Å²) in [5.74, 6) is 0.755. The first kappa shape index (κ1) is 20.2. The second kappa shape index (κ2) is 9.59. The highest BCUT2D eigenvalue weighted by Gasteiger charge is 2.12. The summed E-state index contributed by atoms with van der Waals surface area (Å²) < 4.78 is 7.73. The van der Waals surface area contributed by atoms with Gasteiger partial charge in [0.15, 0.2) is 0 Å². The molecule has 0 bridgehead atoms. The van der Waals surface area contributed by atoms with E-state index in [9.17, 15) is 0 Å². The molecule has 0 atom stereocenters. The Morgan fingerprint density at radius 1 is 1.00 bits per heavy atom. The van der Waals surface area contributed by atoms with E-state index in [1.54, 1.807) is 6.07 Å². The Labute approximate surface area is 181 Å². The van der Waals surface area contributed by atoms with Crippen molar-refractivity contribution in [2.45, 2.75) is 44.8 Å². The average molecular weight is 520 g/mol. The molecule has 2 aromatic carbocycles. The van der Waals surface area contributed by atoms with E-state index in [0.717, 1.165) is 25.8 Å². The molecule has 2 aromatic rings. The highest BCUT2D eigenvalue weighted by Crippen LogP contribution is 2.35. The SMILES string of the molecule is Clc1ccc(COc2c(Br)cc(C=NC3CCCCC3)cc2Br)cc1Cl. The number of rotatable bonds is 5. The zero-order valence-electron chi connectivity index (χ0n) is 14.2. The van der Waals surface area contributed by atoms with Gasteiger partial charge in [0.1, 0.15) is 12.4 Å². The highest BCUT2D eigenvalue weighted by atomic mass is 79.9. The minimum Gasteiger partial charge on any atom is -0.487 e. The summed E-state index contributed by atoms with van der Waals surface area (Å²) in [5.41, 5.74) is 2.01. The summed E-state index contributed by atoms with van der Waals surface area (Å²) in [6.45, 7) is 0.406. The largest absolute Gasteiger partial charge is 0.487 e. The molecular weight excluding hydrogens is 501 g/mol. The van der Waals surface area contributed by atoms with Crippen molar-refractivity contribution in [2.24, 2.45) is 4.99 Å². The van der Waals surface area contributed by atoms with Gasteiger partial charge in [-0.15, -0.1) is 0 Å². The number of hydrogen-bond donors (Lipinski definition) is 0. The summed E-state index contributed by atoms with van der Waals surface area (Å²) in [6.07, 6.45) is 8.28. The van der Waals surface area contributed by atoms with Gasteiger partial charge in [-0.3, -0.25) is 4.99 Å². The van der Waals surface area contributed by atoms with Crippen molar-refractivity contribution in [1.29, 1.82) is 0 Å². The lowest BCUT2D eigenvalue weighted by atomic mass is 9.96. The number of hydrogen-bond acceptors (Lipinski definition) is 2. The zero-order valence-corrected chi connectivity index (χ0v) is 18.8. The molecule has 0 amide bonds. The van der Waals surface area contributed by atoms with Gasteiger partial charge in [0.05, 0.1) is 19.0 Å². The minimum absolute atomic E-state index is 0.406. The molecule has 26 heavy (non-hydrogen) atoms. The Hall–Kier alpha value is -0.550. The van der Waals surface area contributed by atoms with Gasteiger partial charge in [-0.05, 0) is 80.1 Å². The first-order valence-electron chi connectivity index (χ1n) is 8.62. The fourth-order valence-electron chi connectivity index (χ4n) is 3.00. The maximum Gasteiger partial charge on any atom is 0.148 e. The molecule has 0 spiro atoms. The van der Waals surface area contributed by atoms with Crippen LogP contribution < -0.4 is 4.74 Å². The van der Waals surface area contributed by atoms with Crippen LogP contribution in [-0.2, 0) is 6.61 Å². The normalized spacial score (nSPS) is 15.5. The molecule has 1 fully saturated rings. The van der Waals surface area contributed by atoms with Crippen LogP contribution in [0, 0.1) is 0 Å². The molecular formula is C20H19Br2Cl2NO. The van der Waals surface area contributed by atoms with Crippen LogP contribution in [0.2, 0.25) is 10.0 Å². The van der Waals surface area contributed by atoms with Crippen LogP contribution >= 0.6 is 55.1 Å². The number of halogens is 4. The molecule has 6 heteroatoms. The third kappa shape index (κ3) is 5.48. The molecule has 2 nitrogen and oxygen atoms in total. The number of nitrogens with zero attached hydrogens (tertiary/aromatic N) is 1. The quantitative estimate of drug-likeness (QED) is 0.368. The van der Waals surface area contributed by atoms with Gasteiger partial charge in [-0.25, -0.2) is 0 Å². The number of benzene rings is 2. The minimum atomic E-state index is 0.406. The van der Waals surface area contributed by atoms with Crippen molar-refractivity contribution in [3.63, 3.8) is 0 Å².